The Labute approximate surface area is 274 Å². The molecule has 2 bridgehead atoms. The largest absolute Gasteiger partial charge is 0.493 e. The average molecular weight is 662 g/mol. The first kappa shape index (κ1) is 32.8. The number of aryl methyl sites for hydroxylation is 3. The Kier molecular flexibility index (Phi) is 8.45. The van der Waals surface area contributed by atoms with E-state index in [2.05, 4.69) is 26.6 Å². The summed E-state index contributed by atoms with van der Waals surface area (Å²) >= 11 is 0. The van der Waals surface area contributed by atoms with Crippen molar-refractivity contribution in [1.29, 1.82) is 0 Å². The van der Waals surface area contributed by atoms with Gasteiger partial charge in [-0.15, -0.1) is 0 Å². The number of rotatable bonds is 10. The van der Waals surface area contributed by atoms with Crippen LogP contribution in [0.1, 0.15) is 43.4 Å². The highest BCUT2D eigenvalue weighted by atomic mass is 32.2. The Morgan fingerprint density at radius 2 is 1.43 bits per heavy atom. The minimum Gasteiger partial charge on any atom is -0.493 e. The Hall–Kier alpha value is -4.17. The maximum absolute atomic E-state index is 13.8. The summed E-state index contributed by atoms with van der Waals surface area (Å²) in [4.78, 5) is 18.8. The Morgan fingerprint density at radius 1 is 0.851 bits per heavy atom. The lowest BCUT2D eigenvalue weighted by Crippen LogP contribution is -2.65. The molecule has 1 N–H and O–H groups in total. The number of fused-ring (bicyclic) bond motifs is 3. The SMILES string of the molecule is COc1ccccc1Oc1c(CC(C)(C)C23OCC(C)(CO2)CO3)nc(-c2nc(C)cc(C)n2)nc1NS(=O)(=O)c1ccc(C)cc1. The minimum absolute atomic E-state index is 0.0533. The van der Waals surface area contributed by atoms with E-state index in [1.807, 2.05) is 40.7 Å². The molecule has 0 aliphatic carbocycles. The second-order valence-electron chi connectivity index (χ2n) is 13.1. The molecule has 13 heteroatoms. The maximum atomic E-state index is 13.8. The Bertz CT molecular complexity index is 1870. The molecule has 3 aliphatic rings. The number of para-hydroxylation sites is 2. The van der Waals surface area contributed by atoms with Crippen LogP contribution >= 0.6 is 0 Å². The lowest BCUT2D eigenvalue weighted by Gasteiger charge is -2.56. The molecule has 0 saturated carbocycles. The number of ether oxygens (including phenoxy) is 5. The molecule has 3 saturated heterocycles. The van der Waals surface area contributed by atoms with Crippen molar-refractivity contribution in [1.82, 2.24) is 19.9 Å². The first-order valence-electron chi connectivity index (χ1n) is 15.3. The van der Waals surface area contributed by atoms with Crippen molar-refractivity contribution in [3.8, 4) is 28.9 Å². The molecule has 0 amide bonds. The molecule has 47 heavy (non-hydrogen) atoms. The summed E-state index contributed by atoms with van der Waals surface area (Å²) in [6.07, 6.45) is 0.160. The van der Waals surface area contributed by atoms with Gasteiger partial charge in [0.1, 0.15) is 0 Å². The highest BCUT2D eigenvalue weighted by molar-refractivity contribution is 7.92. The average Bonchev–Trinajstić information content (AvgIpc) is 3.02. The van der Waals surface area contributed by atoms with Gasteiger partial charge in [0.2, 0.25) is 0 Å². The number of aromatic nitrogens is 4. The van der Waals surface area contributed by atoms with Gasteiger partial charge in [-0.25, -0.2) is 28.4 Å². The summed E-state index contributed by atoms with van der Waals surface area (Å²) in [6, 6.07) is 15.4. The van der Waals surface area contributed by atoms with E-state index in [4.69, 9.17) is 28.7 Å². The number of sulfonamides is 1. The molecule has 2 aromatic heterocycles. The van der Waals surface area contributed by atoms with Gasteiger partial charge in [-0.05, 0) is 51.1 Å². The van der Waals surface area contributed by atoms with Crippen molar-refractivity contribution in [2.45, 2.75) is 58.8 Å². The summed E-state index contributed by atoms with van der Waals surface area (Å²) in [7, 11) is -2.62. The fourth-order valence-corrected chi connectivity index (χ4v) is 6.61. The van der Waals surface area contributed by atoms with Crippen molar-refractivity contribution in [2.75, 3.05) is 31.7 Å². The molecule has 5 heterocycles. The number of anilines is 1. The smallest absolute Gasteiger partial charge is 0.288 e. The molecular formula is C34H39N5O7S. The monoisotopic (exact) mass is 661 g/mol. The molecule has 12 nitrogen and oxygen atoms in total. The standard InChI is InChI=1S/C34H39N5O7S/c1-21-12-14-24(15-13-21)47(40,41)39-29-28(46-27-11-9-8-10-26(27)42-7)25(37-31(38-29)30-35-22(2)16-23(3)36-30)17-32(4,5)34-43-18-33(6,19-44-34)20-45-34/h8-16H,17-20H2,1-7H3,(H,37,38,39). The van der Waals surface area contributed by atoms with Gasteiger partial charge >= 0.3 is 0 Å². The highest BCUT2D eigenvalue weighted by Crippen LogP contribution is 2.50. The number of hydrogen-bond acceptors (Lipinski definition) is 11. The van der Waals surface area contributed by atoms with Gasteiger partial charge < -0.3 is 23.7 Å². The first-order chi connectivity index (χ1) is 22.2. The van der Waals surface area contributed by atoms with Crippen LogP contribution in [-0.4, -0.2) is 61.3 Å². The van der Waals surface area contributed by atoms with Crippen molar-refractivity contribution in [2.24, 2.45) is 10.8 Å². The lowest BCUT2D eigenvalue weighted by molar-refractivity contribution is -0.499. The first-order valence-corrected chi connectivity index (χ1v) is 16.8. The second-order valence-corrected chi connectivity index (χ2v) is 14.8. The van der Waals surface area contributed by atoms with Crippen molar-refractivity contribution in [3.05, 3.63) is 77.2 Å². The number of methoxy groups -OCH3 is 1. The summed E-state index contributed by atoms with van der Waals surface area (Å²) in [5.41, 5.74) is 1.59. The van der Waals surface area contributed by atoms with Crippen LogP contribution in [0.2, 0.25) is 0 Å². The highest BCUT2D eigenvalue weighted by Gasteiger charge is 2.59. The number of nitrogens with one attached hydrogen (secondary N) is 1. The van der Waals surface area contributed by atoms with Crippen LogP contribution in [0.15, 0.2) is 59.5 Å². The third-order valence-corrected chi connectivity index (χ3v) is 9.59. The number of hydrogen-bond donors (Lipinski definition) is 1. The van der Waals surface area contributed by atoms with E-state index in [9.17, 15) is 8.42 Å². The van der Waals surface area contributed by atoms with Crippen molar-refractivity contribution < 1.29 is 32.1 Å². The van der Waals surface area contributed by atoms with Crippen LogP contribution in [0.25, 0.3) is 11.6 Å². The summed E-state index contributed by atoms with van der Waals surface area (Å²) < 4.78 is 61.1. The minimum atomic E-state index is -4.14. The molecule has 3 fully saturated rings. The van der Waals surface area contributed by atoms with E-state index in [1.165, 1.54) is 19.2 Å². The van der Waals surface area contributed by atoms with Crippen molar-refractivity contribution in [3.63, 3.8) is 0 Å². The van der Waals surface area contributed by atoms with Crippen LogP contribution in [-0.2, 0) is 30.7 Å². The van der Waals surface area contributed by atoms with Gasteiger partial charge in [0.15, 0.2) is 34.7 Å². The van der Waals surface area contributed by atoms with Gasteiger partial charge in [0.05, 0.1) is 42.9 Å². The van der Waals surface area contributed by atoms with Gasteiger partial charge in [0.25, 0.3) is 16.0 Å². The van der Waals surface area contributed by atoms with Crippen LogP contribution in [0, 0.1) is 31.6 Å². The molecule has 248 valence electrons. The van der Waals surface area contributed by atoms with E-state index in [0.717, 1.165) is 5.56 Å². The Morgan fingerprint density at radius 3 is 2.02 bits per heavy atom. The Balaban J connectivity index is 1.54. The van der Waals surface area contributed by atoms with Gasteiger partial charge in [-0.2, -0.15) is 0 Å². The topological polar surface area (TPSA) is 144 Å². The summed E-state index contributed by atoms with van der Waals surface area (Å²) in [6.45, 7) is 12.9. The lowest BCUT2D eigenvalue weighted by atomic mass is 9.81. The van der Waals surface area contributed by atoms with Crippen LogP contribution < -0.4 is 14.2 Å². The van der Waals surface area contributed by atoms with Crippen molar-refractivity contribution >= 4 is 15.8 Å². The maximum Gasteiger partial charge on any atom is 0.288 e. The third-order valence-electron chi connectivity index (χ3n) is 8.23. The second kappa shape index (κ2) is 12.1. The normalized spacial score (nSPS) is 21.0. The van der Waals surface area contributed by atoms with E-state index < -0.39 is 21.4 Å². The number of nitrogens with zero attached hydrogens (tertiary/aromatic N) is 4. The van der Waals surface area contributed by atoms with Gasteiger partial charge in [0, 0.05) is 23.2 Å². The zero-order valence-electron chi connectivity index (χ0n) is 27.6. The molecule has 2 aromatic carbocycles. The van der Waals surface area contributed by atoms with E-state index >= 15 is 0 Å². The zero-order valence-corrected chi connectivity index (χ0v) is 28.4. The fourth-order valence-electron chi connectivity index (χ4n) is 5.61. The third kappa shape index (κ3) is 6.53. The predicted molar refractivity (Wildman–Crippen MR) is 174 cm³/mol. The number of benzene rings is 2. The molecular weight excluding hydrogens is 622 g/mol. The molecule has 4 aromatic rings. The van der Waals surface area contributed by atoms with Crippen LogP contribution in [0.4, 0.5) is 5.82 Å². The van der Waals surface area contributed by atoms with E-state index in [0.29, 0.717) is 48.4 Å². The van der Waals surface area contributed by atoms with Gasteiger partial charge in [-0.1, -0.05) is 50.6 Å². The summed E-state index contributed by atoms with van der Waals surface area (Å²) in [5, 5.41) is 0. The van der Waals surface area contributed by atoms with Crippen LogP contribution in [0.3, 0.4) is 0 Å². The zero-order chi connectivity index (χ0) is 33.6. The summed E-state index contributed by atoms with van der Waals surface area (Å²) in [5.74, 6) is -0.299. The van der Waals surface area contributed by atoms with Crippen LogP contribution in [0.5, 0.6) is 17.2 Å². The van der Waals surface area contributed by atoms with Gasteiger partial charge in [-0.3, -0.25) is 4.72 Å². The molecule has 7 rings (SSSR count). The molecule has 0 atom stereocenters. The predicted octanol–water partition coefficient (Wildman–Crippen LogP) is 5.77. The molecule has 0 unspecified atom stereocenters. The molecule has 0 radical (unpaired) electrons. The van der Waals surface area contributed by atoms with E-state index in [-0.39, 0.29) is 39.9 Å². The molecule has 0 spiro atoms. The fraction of sp³-hybridized carbons (Fsp3) is 0.412. The molecule has 3 aliphatic heterocycles. The quantitative estimate of drug-likeness (QED) is 0.221. The van der Waals surface area contributed by atoms with E-state index in [1.54, 1.807) is 36.4 Å².